The highest BCUT2D eigenvalue weighted by Gasteiger charge is 2.09. The Bertz CT molecular complexity index is 671. The minimum atomic E-state index is -0.000564. The Hall–Kier alpha value is -1.52. The van der Waals surface area contributed by atoms with E-state index in [1.54, 1.807) is 37.4 Å². The molecule has 0 saturated heterocycles. The van der Waals surface area contributed by atoms with Gasteiger partial charge in [0.2, 0.25) is 0 Å². The Labute approximate surface area is 137 Å². The Balaban J connectivity index is 2.24. The highest BCUT2D eigenvalue weighted by atomic mass is 79.9. The third kappa shape index (κ3) is 3.99. The molecular weight excluding hydrogens is 356 g/mol. The normalized spacial score (nSPS) is 10.3. The maximum Gasteiger partial charge on any atom is 0.159 e. The summed E-state index contributed by atoms with van der Waals surface area (Å²) < 4.78 is 11.9. The topological polar surface area (TPSA) is 35.5 Å². The van der Waals surface area contributed by atoms with Crippen LogP contribution in [-0.2, 0) is 6.61 Å². The van der Waals surface area contributed by atoms with E-state index in [4.69, 9.17) is 21.1 Å². The fraction of sp³-hybridized carbons (Fsp3) is 0.188. The van der Waals surface area contributed by atoms with Crippen molar-refractivity contribution in [3.8, 4) is 11.5 Å². The summed E-state index contributed by atoms with van der Waals surface area (Å²) in [6.07, 6.45) is 0. The molecule has 0 bridgehead atoms. The molecule has 3 nitrogen and oxygen atoms in total. The van der Waals surface area contributed by atoms with Crippen molar-refractivity contribution in [1.82, 2.24) is 0 Å². The molecule has 110 valence electrons. The molecule has 0 radical (unpaired) electrons. The maximum absolute atomic E-state index is 11.5. The van der Waals surface area contributed by atoms with Gasteiger partial charge in [0.25, 0.3) is 0 Å². The van der Waals surface area contributed by atoms with Gasteiger partial charge in [0.15, 0.2) is 5.78 Å². The summed E-state index contributed by atoms with van der Waals surface area (Å²) in [6, 6.07) is 10.7. The van der Waals surface area contributed by atoms with E-state index in [0.29, 0.717) is 22.1 Å². The predicted octanol–water partition coefficient (Wildman–Crippen LogP) is 4.89. The number of ether oxygens (including phenoxy) is 2. The summed E-state index contributed by atoms with van der Waals surface area (Å²) in [5.41, 5.74) is 1.41. The first-order chi connectivity index (χ1) is 10.0. The van der Waals surface area contributed by atoms with Gasteiger partial charge in [-0.1, -0.05) is 27.5 Å². The van der Waals surface area contributed by atoms with Crippen LogP contribution < -0.4 is 9.47 Å². The van der Waals surface area contributed by atoms with Gasteiger partial charge in [-0.25, -0.2) is 0 Å². The van der Waals surface area contributed by atoms with Crippen LogP contribution in [0.3, 0.4) is 0 Å². The average molecular weight is 370 g/mol. The lowest BCUT2D eigenvalue weighted by Gasteiger charge is -2.12. The van der Waals surface area contributed by atoms with Crippen LogP contribution in [0, 0.1) is 0 Å². The first kappa shape index (κ1) is 15.9. The minimum absolute atomic E-state index is 0.000564. The van der Waals surface area contributed by atoms with Gasteiger partial charge in [-0.05, 0) is 43.3 Å². The Morgan fingerprint density at radius 3 is 2.62 bits per heavy atom. The Morgan fingerprint density at radius 1 is 1.19 bits per heavy atom. The SMILES string of the molecule is COc1ccc(C(C)=O)cc1COc1cc(Br)ccc1Cl. The molecule has 0 unspecified atom stereocenters. The second-order valence-electron chi connectivity index (χ2n) is 4.45. The van der Waals surface area contributed by atoms with Crippen molar-refractivity contribution in [3.63, 3.8) is 0 Å². The monoisotopic (exact) mass is 368 g/mol. The van der Waals surface area contributed by atoms with Crippen LogP contribution in [0.2, 0.25) is 5.02 Å². The minimum Gasteiger partial charge on any atom is -0.496 e. The lowest BCUT2D eigenvalue weighted by molar-refractivity contribution is 0.101. The summed E-state index contributed by atoms with van der Waals surface area (Å²) in [5, 5.41) is 0.528. The zero-order valence-corrected chi connectivity index (χ0v) is 14.0. The number of benzene rings is 2. The molecule has 0 aliphatic heterocycles. The van der Waals surface area contributed by atoms with Crippen molar-refractivity contribution in [2.75, 3.05) is 7.11 Å². The van der Waals surface area contributed by atoms with Crippen molar-refractivity contribution in [2.24, 2.45) is 0 Å². The molecule has 0 amide bonds. The van der Waals surface area contributed by atoms with E-state index in [1.807, 2.05) is 6.07 Å². The number of Topliss-reactive ketones (excluding diaryl/α,β-unsaturated/α-hetero) is 1. The molecule has 0 atom stereocenters. The van der Waals surface area contributed by atoms with Crippen LogP contribution in [0.15, 0.2) is 40.9 Å². The number of rotatable bonds is 5. The molecule has 21 heavy (non-hydrogen) atoms. The fourth-order valence-corrected chi connectivity index (χ4v) is 2.37. The number of hydrogen-bond acceptors (Lipinski definition) is 3. The van der Waals surface area contributed by atoms with Crippen LogP contribution >= 0.6 is 27.5 Å². The van der Waals surface area contributed by atoms with E-state index >= 15 is 0 Å². The van der Waals surface area contributed by atoms with E-state index in [-0.39, 0.29) is 12.4 Å². The molecule has 0 heterocycles. The first-order valence-corrected chi connectivity index (χ1v) is 7.44. The summed E-state index contributed by atoms with van der Waals surface area (Å²) in [4.78, 5) is 11.5. The van der Waals surface area contributed by atoms with E-state index in [1.165, 1.54) is 6.92 Å². The van der Waals surface area contributed by atoms with Crippen molar-refractivity contribution < 1.29 is 14.3 Å². The average Bonchev–Trinajstić information content (AvgIpc) is 2.47. The second kappa shape index (κ2) is 6.96. The molecule has 2 aromatic rings. The van der Waals surface area contributed by atoms with Crippen LogP contribution in [0.4, 0.5) is 0 Å². The number of ketones is 1. The van der Waals surface area contributed by atoms with Gasteiger partial charge >= 0.3 is 0 Å². The third-order valence-electron chi connectivity index (χ3n) is 2.96. The molecule has 0 fully saturated rings. The van der Waals surface area contributed by atoms with E-state index < -0.39 is 0 Å². The molecule has 0 aliphatic rings. The second-order valence-corrected chi connectivity index (χ2v) is 5.77. The van der Waals surface area contributed by atoms with Gasteiger partial charge in [0.05, 0.1) is 12.1 Å². The van der Waals surface area contributed by atoms with Gasteiger partial charge < -0.3 is 9.47 Å². The zero-order chi connectivity index (χ0) is 15.4. The first-order valence-electron chi connectivity index (χ1n) is 6.27. The van der Waals surface area contributed by atoms with Crippen molar-refractivity contribution >= 4 is 33.3 Å². The summed E-state index contributed by atoms with van der Waals surface area (Å²) in [5.74, 6) is 1.24. The molecule has 2 aromatic carbocycles. The molecule has 0 aliphatic carbocycles. The summed E-state index contributed by atoms with van der Waals surface area (Å²) in [7, 11) is 1.58. The van der Waals surface area contributed by atoms with Crippen LogP contribution in [0.25, 0.3) is 0 Å². The van der Waals surface area contributed by atoms with E-state index in [9.17, 15) is 4.79 Å². The lowest BCUT2D eigenvalue weighted by atomic mass is 10.1. The molecule has 2 rings (SSSR count). The number of carbonyl (C=O) groups is 1. The molecule has 0 aromatic heterocycles. The molecule has 0 spiro atoms. The van der Waals surface area contributed by atoms with Crippen LogP contribution in [0.5, 0.6) is 11.5 Å². The van der Waals surface area contributed by atoms with Crippen LogP contribution in [0.1, 0.15) is 22.8 Å². The van der Waals surface area contributed by atoms with Gasteiger partial charge in [0, 0.05) is 15.6 Å². The third-order valence-corrected chi connectivity index (χ3v) is 3.77. The van der Waals surface area contributed by atoms with Crippen molar-refractivity contribution in [2.45, 2.75) is 13.5 Å². The zero-order valence-electron chi connectivity index (χ0n) is 11.7. The molecular formula is C16H14BrClO3. The van der Waals surface area contributed by atoms with Crippen LogP contribution in [-0.4, -0.2) is 12.9 Å². The predicted molar refractivity (Wildman–Crippen MR) is 86.5 cm³/mol. The highest BCUT2D eigenvalue weighted by molar-refractivity contribution is 9.10. The van der Waals surface area contributed by atoms with Gasteiger partial charge in [-0.3, -0.25) is 4.79 Å². The maximum atomic E-state index is 11.5. The van der Waals surface area contributed by atoms with Gasteiger partial charge in [-0.15, -0.1) is 0 Å². The van der Waals surface area contributed by atoms with Crippen molar-refractivity contribution in [1.29, 1.82) is 0 Å². The Kier molecular flexibility index (Phi) is 5.26. The number of methoxy groups -OCH3 is 1. The van der Waals surface area contributed by atoms with E-state index in [0.717, 1.165) is 10.0 Å². The number of carbonyl (C=O) groups excluding carboxylic acids is 1. The highest BCUT2D eigenvalue weighted by Crippen LogP contribution is 2.30. The van der Waals surface area contributed by atoms with E-state index in [2.05, 4.69) is 15.9 Å². The summed E-state index contributed by atoms with van der Waals surface area (Å²) in [6.45, 7) is 1.79. The van der Waals surface area contributed by atoms with Gasteiger partial charge in [0.1, 0.15) is 18.1 Å². The smallest absolute Gasteiger partial charge is 0.159 e. The van der Waals surface area contributed by atoms with Crippen molar-refractivity contribution in [3.05, 3.63) is 57.0 Å². The molecule has 5 heteroatoms. The standard InChI is InChI=1S/C16H14BrClO3/c1-10(19)11-3-6-15(20-2)12(7-11)9-21-16-8-13(17)4-5-14(16)18/h3-8H,9H2,1-2H3. The largest absolute Gasteiger partial charge is 0.496 e. The van der Waals surface area contributed by atoms with Gasteiger partial charge in [-0.2, -0.15) is 0 Å². The number of hydrogen-bond donors (Lipinski definition) is 0. The fourth-order valence-electron chi connectivity index (χ4n) is 1.85. The molecule has 0 saturated carbocycles. The quantitative estimate of drug-likeness (QED) is 0.704. The molecule has 0 N–H and O–H groups in total. The Morgan fingerprint density at radius 2 is 1.95 bits per heavy atom. The lowest BCUT2D eigenvalue weighted by Crippen LogP contribution is -2.02. The summed E-state index contributed by atoms with van der Waals surface area (Å²) >= 11 is 9.46. The number of halogens is 2.